The van der Waals surface area contributed by atoms with Crippen LogP contribution in [0.1, 0.15) is 53.9 Å². The molecular weight excluding hydrogens is 339 g/mol. The molecular formula is C17H31BN2O4S. The first-order valence-corrected chi connectivity index (χ1v) is 9.68. The summed E-state index contributed by atoms with van der Waals surface area (Å²) in [7, 11) is 2.02. The van der Waals surface area contributed by atoms with E-state index in [4.69, 9.17) is 0 Å². The Hall–Kier alpha value is -1.02. The average Bonchev–Trinajstić information content (AvgIpc) is 2.39. The number of hydrogen-bond acceptors (Lipinski definition) is 5. The van der Waals surface area contributed by atoms with Crippen molar-refractivity contribution in [1.82, 2.24) is 10.6 Å². The maximum atomic E-state index is 12.8. The van der Waals surface area contributed by atoms with Gasteiger partial charge < -0.3 is 15.7 Å². The minimum absolute atomic E-state index is 0.0287. The third-order valence-corrected chi connectivity index (χ3v) is 5.81. The van der Waals surface area contributed by atoms with E-state index < -0.39 is 22.2 Å². The molecule has 1 aliphatic heterocycles. The molecule has 1 saturated heterocycles. The third kappa shape index (κ3) is 6.03. The van der Waals surface area contributed by atoms with Crippen LogP contribution in [0.4, 0.5) is 0 Å². The highest BCUT2D eigenvalue weighted by Gasteiger charge is 2.50. The fourth-order valence-electron chi connectivity index (χ4n) is 3.11. The standard InChI is InChI=1S/C17H31BN2O4S/c1-6-7-16(5,18)25-11(8-12(21)22)13(23)20-17(9-19-10-17)14(24)15(2,3)4/h11,19H,6-10,18H2,1-5H3,(H,20,23)(H,21,22). The molecule has 0 saturated carbocycles. The molecule has 2 atom stereocenters. The molecule has 0 aromatic heterocycles. The number of carboxylic acid groups (broad SMARTS) is 1. The zero-order valence-electron chi connectivity index (χ0n) is 16.2. The predicted octanol–water partition coefficient (Wildman–Crippen LogP) is 0.786. The van der Waals surface area contributed by atoms with Crippen molar-refractivity contribution in [3.8, 4) is 0 Å². The molecule has 0 aromatic carbocycles. The maximum absolute atomic E-state index is 12.8. The molecule has 1 amide bonds. The number of carboxylic acids is 1. The van der Waals surface area contributed by atoms with Crippen LogP contribution < -0.4 is 10.6 Å². The van der Waals surface area contributed by atoms with Crippen LogP contribution in [0.3, 0.4) is 0 Å². The average molecular weight is 370 g/mol. The Morgan fingerprint density at radius 3 is 2.20 bits per heavy atom. The summed E-state index contributed by atoms with van der Waals surface area (Å²) in [5.74, 6) is -1.41. The van der Waals surface area contributed by atoms with Crippen LogP contribution in [0, 0.1) is 5.41 Å². The van der Waals surface area contributed by atoms with Crippen LogP contribution in [-0.4, -0.2) is 59.1 Å². The number of rotatable bonds is 9. The third-order valence-electron chi connectivity index (χ3n) is 4.30. The monoisotopic (exact) mass is 370 g/mol. The topological polar surface area (TPSA) is 95.5 Å². The number of carbonyl (C=O) groups is 3. The minimum Gasteiger partial charge on any atom is -0.481 e. The lowest BCUT2D eigenvalue weighted by atomic mass is 9.74. The van der Waals surface area contributed by atoms with Gasteiger partial charge in [-0.25, -0.2) is 0 Å². The lowest BCUT2D eigenvalue weighted by Gasteiger charge is -2.45. The minimum atomic E-state index is -1.01. The van der Waals surface area contributed by atoms with Crippen LogP contribution in [0.5, 0.6) is 0 Å². The quantitative estimate of drug-likeness (QED) is 0.520. The smallest absolute Gasteiger partial charge is 0.305 e. The van der Waals surface area contributed by atoms with Crippen LogP contribution >= 0.6 is 11.8 Å². The molecule has 0 aromatic rings. The van der Waals surface area contributed by atoms with E-state index in [1.54, 1.807) is 0 Å². The van der Waals surface area contributed by atoms with E-state index in [9.17, 15) is 19.5 Å². The summed E-state index contributed by atoms with van der Waals surface area (Å²) in [5, 5.41) is 14.4. The van der Waals surface area contributed by atoms with Gasteiger partial charge in [-0.05, 0) is 11.1 Å². The zero-order valence-corrected chi connectivity index (χ0v) is 17.0. The number of Topliss-reactive ketones (excluding diaryl/α,β-unsaturated/α-hetero) is 1. The van der Waals surface area contributed by atoms with Gasteiger partial charge in [0.25, 0.3) is 0 Å². The van der Waals surface area contributed by atoms with E-state index in [2.05, 4.69) is 17.6 Å². The number of amides is 1. The van der Waals surface area contributed by atoms with Crippen molar-refractivity contribution in [3.63, 3.8) is 0 Å². The van der Waals surface area contributed by atoms with Crippen molar-refractivity contribution < 1.29 is 19.5 Å². The highest BCUT2D eigenvalue weighted by Crippen LogP contribution is 2.33. The van der Waals surface area contributed by atoms with Gasteiger partial charge in [0, 0.05) is 18.5 Å². The van der Waals surface area contributed by atoms with Crippen molar-refractivity contribution in [1.29, 1.82) is 0 Å². The summed E-state index contributed by atoms with van der Waals surface area (Å²) >= 11 is 1.38. The van der Waals surface area contributed by atoms with Gasteiger partial charge in [-0.2, -0.15) is 11.8 Å². The highest BCUT2D eigenvalue weighted by molar-refractivity contribution is 8.03. The maximum Gasteiger partial charge on any atom is 0.305 e. The molecule has 142 valence electrons. The van der Waals surface area contributed by atoms with E-state index in [1.165, 1.54) is 11.8 Å². The van der Waals surface area contributed by atoms with Gasteiger partial charge >= 0.3 is 5.97 Å². The first-order valence-electron chi connectivity index (χ1n) is 8.80. The number of carbonyl (C=O) groups excluding carboxylic acids is 2. The molecule has 1 fully saturated rings. The fraction of sp³-hybridized carbons (Fsp3) is 0.824. The van der Waals surface area contributed by atoms with Crippen molar-refractivity contribution in [2.45, 2.75) is 69.3 Å². The Balaban J connectivity index is 2.93. The normalized spacial score (nSPS) is 20.0. The first kappa shape index (κ1) is 22.0. The Labute approximate surface area is 155 Å². The van der Waals surface area contributed by atoms with Crippen LogP contribution in [0.25, 0.3) is 0 Å². The highest BCUT2D eigenvalue weighted by atomic mass is 32.2. The van der Waals surface area contributed by atoms with Gasteiger partial charge in [0.2, 0.25) is 5.91 Å². The summed E-state index contributed by atoms with van der Waals surface area (Å²) in [6.45, 7) is 10.3. The number of aliphatic carboxylic acids is 1. The number of nitrogens with one attached hydrogen (secondary N) is 2. The van der Waals surface area contributed by atoms with Gasteiger partial charge in [-0.1, -0.05) is 41.0 Å². The van der Waals surface area contributed by atoms with Crippen molar-refractivity contribution in [2.24, 2.45) is 5.41 Å². The molecule has 1 aliphatic rings. The summed E-state index contributed by atoms with van der Waals surface area (Å²) in [6, 6.07) is 0. The second kappa shape index (κ2) is 8.12. The Bertz CT molecular complexity index is 527. The van der Waals surface area contributed by atoms with Gasteiger partial charge in [0.15, 0.2) is 5.78 Å². The van der Waals surface area contributed by atoms with E-state index in [-0.39, 0.29) is 22.8 Å². The number of hydrogen-bond donors (Lipinski definition) is 3. The Kier molecular flexibility index (Phi) is 7.16. The largest absolute Gasteiger partial charge is 0.481 e. The number of thioether (sulfide) groups is 1. The lowest BCUT2D eigenvalue weighted by molar-refractivity contribution is -0.141. The summed E-state index contributed by atoms with van der Waals surface area (Å²) in [6.07, 6.45) is 1.59. The van der Waals surface area contributed by atoms with Crippen LogP contribution in [-0.2, 0) is 14.4 Å². The van der Waals surface area contributed by atoms with E-state index in [0.717, 1.165) is 12.8 Å². The molecule has 6 nitrogen and oxygen atoms in total. The molecule has 0 radical (unpaired) electrons. The van der Waals surface area contributed by atoms with Gasteiger partial charge in [-0.15, -0.1) is 0 Å². The first-order chi connectivity index (χ1) is 11.3. The zero-order chi connectivity index (χ0) is 19.5. The SMILES string of the molecule is BC(C)(CCC)SC(CC(=O)O)C(=O)NC1(C(=O)C(C)(C)C)CNC1. The van der Waals surface area contributed by atoms with E-state index >= 15 is 0 Å². The van der Waals surface area contributed by atoms with Crippen LogP contribution in [0.15, 0.2) is 0 Å². The molecule has 1 heterocycles. The summed E-state index contributed by atoms with van der Waals surface area (Å²) < 4.78 is -0.203. The van der Waals surface area contributed by atoms with Gasteiger partial charge in [-0.3, -0.25) is 14.4 Å². The van der Waals surface area contributed by atoms with E-state index in [1.807, 2.05) is 35.5 Å². The van der Waals surface area contributed by atoms with Gasteiger partial charge in [0.1, 0.15) is 13.4 Å². The van der Waals surface area contributed by atoms with Crippen LogP contribution in [0.2, 0.25) is 0 Å². The Morgan fingerprint density at radius 1 is 1.28 bits per heavy atom. The second-order valence-electron chi connectivity index (χ2n) is 8.47. The molecule has 0 bridgehead atoms. The lowest BCUT2D eigenvalue weighted by Crippen LogP contribution is -2.75. The molecule has 0 aliphatic carbocycles. The van der Waals surface area contributed by atoms with Crippen molar-refractivity contribution >= 4 is 37.3 Å². The van der Waals surface area contributed by atoms with Gasteiger partial charge in [0.05, 0.1) is 11.7 Å². The molecule has 0 spiro atoms. The molecule has 8 heteroatoms. The van der Waals surface area contributed by atoms with Crippen molar-refractivity contribution in [2.75, 3.05) is 13.1 Å². The molecule has 2 unspecified atom stereocenters. The Morgan fingerprint density at radius 2 is 1.84 bits per heavy atom. The summed E-state index contributed by atoms with van der Waals surface area (Å²) in [4.78, 5) is 36.8. The molecule has 3 N–H and O–H groups in total. The van der Waals surface area contributed by atoms with Crippen molar-refractivity contribution in [3.05, 3.63) is 0 Å². The molecule has 25 heavy (non-hydrogen) atoms. The number of ketones is 1. The second-order valence-corrected chi connectivity index (χ2v) is 10.4. The predicted molar refractivity (Wildman–Crippen MR) is 104 cm³/mol. The van der Waals surface area contributed by atoms with E-state index in [0.29, 0.717) is 13.1 Å². The molecule has 1 rings (SSSR count). The fourth-order valence-corrected chi connectivity index (χ4v) is 4.59. The summed E-state index contributed by atoms with van der Waals surface area (Å²) in [5.41, 5.74) is -1.51.